The van der Waals surface area contributed by atoms with E-state index in [4.69, 9.17) is 9.47 Å². The number of halogens is 2. The van der Waals surface area contributed by atoms with Crippen molar-refractivity contribution in [3.63, 3.8) is 0 Å². The van der Waals surface area contributed by atoms with Gasteiger partial charge in [0.15, 0.2) is 0 Å². The zero-order valence-corrected chi connectivity index (χ0v) is 17.0. The van der Waals surface area contributed by atoms with E-state index >= 15 is 0 Å². The van der Waals surface area contributed by atoms with E-state index in [2.05, 4.69) is 15.5 Å². The van der Waals surface area contributed by atoms with Crippen molar-refractivity contribution in [2.24, 2.45) is 11.8 Å². The summed E-state index contributed by atoms with van der Waals surface area (Å²) in [5.41, 5.74) is 1.11. The highest BCUT2D eigenvalue weighted by Gasteiger charge is 2.26. The smallest absolute Gasteiger partial charge is 0.224 e. The normalized spacial score (nSPS) is 21.5. The first-order chi connectivity index (χ1) is 11.7. The van der Waals surface area contributed by atoms with Gasteiger partial charge in [0.25, 0.3) is 0 Å². The van der Waals surface area contributed by atoms with Gasteiger partial charge in [-0.05, 0) is 25.3 Å². The Kier molecular flexibility index (Phi) is 9.33. The first-order valence-corrected chi connectivity index (χ1v) is 8.66. The van der Waals surface area contributed by atoms with Crippen LogP contribution in [0.25, 0.3) is 0 Å². The number of hydrogen-bond acceptors (Lipinski definition) is 5. The van der Waals surface area contributed by atoms with Gasteiger partial charge in [0.05, 0.1) is 20.1 Å². The zero-order valence-electron chi connectivity index (χ0n) is 15.3. The first-order valence-electron chi connectivity index (χ1n) is 8.66. The van der Waals surface area contributed by atoms with E-state index in [9.17, 15) is 4.79 Å². The van der Waals surface area contributed by atoms with Crippen molar-refractivity contribution in [1.29, 1.82) is 0 Å². The van der Waals surface area contributed by atoms with E-state index < -0.39 is 0 Å². The predicted octanol–water partition coefficient (Wildman–Crippen LogP) is 2.10. The maximum absolute atomic E-state index is 12.1. The Morgan fingerprint density at radius 2 is 1.88 bits per heavy atom. The number of carbonyl (C=O) groups excluding carboxylic acids is 1. The lowest BCUT2D eigenvalue weighted by atomic mass is 10.1. The summed E-state index contributed by atoms with van der Waals surface area (Å²) in [6.07, 6.45) is 2.04. The number of ether oxygens (including phenoxy) is 2. The topological polar surface area (TPSA) is 62.8 Å². The molecule has 8 heteroatoms. The largest absolute Gasteiger partial charge is 0.497 e. The number of anilines is 1. The molecule has 26 heavy (non-hydrogen) atoms. The van der Waals surface area contributed by atoms with Gasteiger partial charge in [-0.1, -0.05) is 0 Å². The Balaban J connectivity index is 0.00000169. The Labute approximate surface area is 167 Å². The molecule has 0 saturated carbocycles. The van der Waals surface area contributed by atoms with Crippen molar-refractivity contribution >= 4 is 36.4 Å². The molecule has 2 heterocycles. The molecule has 6 nitrogen and oxygen atoms in total. The van der Waals surface area contributed by atoms with Crippen LogP contribution in [-0.4, -0.2) is 52.9 Å². The molecule has 148 valence electrons. The molecule has 1 amide bonds. The van der Waals surface area contributed by atoms with Gasteiger partial charge >= 0.3 is 0 Å². The number of carbonyl (C=O) groups is 1. The van der Waals surface area contributed by atoms with Gasteiger partial charge in [0.1, 0.15) is 11.5 Å². The van der Waals surface area contributed by atoms with E-state index in [1.165, 1.54) is 0 Å². The summed E-state index contributed by atoms with van der Waals surface area (Å²) in [5, 5.41) is 6.37. The van der Waals surface area contributed by atoms with Crippen molar-refractivity contribution in [1.82, 2.24) is 10.6 Å². The molecule has 2 N–H and O–H groups in total. The molecular weight excluding hydrogens is 377 g/mol. The maximum Gasteiger partial charge on any atom is 0.224 e. The quantitative estimate of drug-likeness (QED) is 0.758. The lowest BCUT2D eigenvalue weighted by molar-refractivity contribution is -0.124. The summed E-state index contributed by atoms with van der Waals surface area (Å²) in [7, 11) is 3.33. The summed E-state index contributed by atoms with van der Waals surface area (Å²) in [6.45, 7) is 4.45. The molecule has 0 bridgehead atoms. The van der Waals surface area contributed by atoms with Crippen LogP contribution in [0.1, 0.15) is 12.8 Å². The van der Waals surface area contributed by atoms with Crippen molar-refractivity contribution in [2.45, 2.75) is 12.8 Å². The second-order valence-electron chi connectivity index (χ2n) is 6.61. The minimum atomic E-state index is 0. The number of amides is 1. The van der Waals surface area contributed by atoms with Gasteiger partial charge < -0.3 is 25.0 Å². The van der Waals surface area contributed by atoms with Crippen LogP contribution in [-0.2, 0) is 4.79 Å². The van der Waals surface area contributed by atoms with Crippen molar-refractivity contribution < 1.29 is 14.3 Å². The van der Waals surface area contributed by atoms with Gasteiger partial charge in [0.2, 0.25) is 5.91 Å². The second-order valence-corrected chi connectivity index (χ2v) is 6.61. The minimum absolute atomic E-state index is 0. The number of benzene rings is 1. The third kappa shape index (κ3) is 5.56. The Morgan fingerprint density at radius 1 is 1.19 bits per heavy atom. The van der Waals surface area contributed by atoms with Crippen LogP contribution in [0, 0.1) is 11.8 Å². The van der Waals surface area contributed by atoms with Gasteiger partial charge in [-0.15, -0.1) is 24.8 Å². The number of nitrogens with zero attached hydrogens (tertiary/aromatic N) is 1. The molecule has 3 rings (SSSR count). The van der Waals surface area contributed by atoms with Crippen LogP contribution >= 0.6 is 24.8 Å². The molecular formula is C18H29Cl2N3O3. The van der Waals surface area contributed by atoms with Gasteiger partial charge in [-0.2, -0.15) is 0 Å². The van der Waals surface area contributed by atoms with E-state index in [1.54, 1.807) is 14.2 Å². The standard InChI is InChI=1S/C18H27N3O3.2ClH/c1-23-16-7-15(8-17(9-16)24-2)21-6-4-13(12-21)10-20-18(22)14-3-5-19-11-14;;/h7-9,13-14,19H,3-6,10-12H2,1-2H3,(H,20,22);2*1H. The molecule has 0 radical (unpaired) electrons. The Morgan fingerprint density at radius 3 is 2.46 bits per heavy atom. The van der Waals surface area contributed by atoms with E-state index in [0.29, 0.717) is 5.92 Å². The van der Waals surface area contributed by atoms with Crippen molar-refractivity contribution in [3.8, 4) is 11.5 Å². The summed E-state index contributed by atoms with van der Waals surface area (Å²) in [6, 6.07) is 5.95. The monoisotopic (exact) mass is 405 g/mol. The fourth-order valence-electron chi connectivity index (χ4n) is 3.48. The fraction of sp³-hybridized carbons (Fsp3) is 0.611. The summed E-state index contributed by atoms with van der Waals surface area (Å²) < 4.78 is 10.7. The van der Waals surface area contributed by atoms with Gasteiger partial charge in [-0.3, -0.25) is 4.79 Å². The molecule has 2 saturated heterocycles. The van der Waals surface area contributed by atoms with Crippen molar-refractivity contribution in [3.05, 3.63) is 18.2 Å². The van der Waals surface area contributed by atoms with Crippen molar-refractivity contribution in [2.75, 3.05) is 51.8 Å². The van der Waals surface area contributed by atoms with E-state index in [-0.39, 0.29) is 36.6 Å². The minimum Gasteiger partial charge on any atom is -0.497 e. The number of methoxy groups -OCH3 is 2. The highest BCUT2D eigenvalue weighted by molar-refractivity contribution is 5.85. The van der Waals surface area contributed by atoms with E-state index in [1.807, 2.05) is 18.2 Å². The second kappa shape index (κ2) is 10.7. The molecule has 2 aliphatic rings. The molecule has 2 fully saturated rings. The molecule has 0 spiro atoms. The average molecular weight is 406 g/mol. The summed E-state index contributed by atoms with van der Waals surface area (Å²) >= 11 is 0. The van der Waals surface area contributed by atoms with Crippen LogP contribution in [0.15, 0.2) is 18.2 Å². The lowest BCUT2D eigenvalue weighted by Gasteiger charge is -2.20. The Bertz CT molecular complexity index is 561. The molecule has 2 unspecified atom stereocenters. The SMILES string of the molecule is COc1cc(OC)cc(N2CCC(CNC(=O)C3CCNC3)C2)c1.Cl.Cl. The van der Waals surface area contributed by atoms with Gasteiger partial charge in [-0.25, -0.2) is 0 Å². The van der Waals surface area contributed by atoms with Crippen LogP contribution in [0.2, 0.25) is 0 Å². The summed E-state index contributed by atoms with van der Waals surface area (Å²) in [4.78, 5) is 14.5. The third-order valence-electron chi connectivity index (χ3n) is 4.98. The third-order valence-corrected chi connectivity index (χ3v) is 4.98. The van der Waals surface area contributed by atoms with Gasteiger partial charge in [0, 0.05) is 50.1 Å². The van der Waals surface area contributed by atoms with Crippen LogP contribution in [0.3, 0.4) is 0 Å². The maximum atomic E-state index is 12.1. The fourth-order valence-corrected chi connectivity index (χ4v) is 3.48. The van der Waals surface area contributed by atoms with Crippen LogP contribution in [0.4, 0.5) is 5.69 Å². The predicted molar refractivity (Wildman–Crippen MR) is 108 cm³/mol. The molecule has 1 aromatic carbocycles. The number of hydrogen-bond donors (Lipinski definition) is 2. The molecule has 2 atom stereocenters. The van der Waals surface area contributed by atoms with Crippen LogP contribution < -0.4 is 25.0 Å². The lowest BCUT2D eigenvalue weighted by Crippen LogP contribution is -2.36. The molecule has 0 aromatic heterocycles. The Hall–Kier alpha value is -1.37. The number of rotatable bonds is 6. The average Bonchev–Trinajstić information content (AvgIpc) is 3.30. The molecule has 2 aliphatic heterocycles. The highest BCUT2D eigenvalue weighted by Crippen LogP contribution is 2.31. The van der Waals surface area contributed by atoms with E-state index in [0.717, 1.165) is 62.8 Å². The first kappa shape index (κ1) is 22.7. The molecule has 1 aromatic rings. The number of nitrogens with one attached hydrogen (secondary N) is 2. The van der Waals surface area contributed by atoms with Crippen LogP contribution in [0.5, 0.6) is 11.5 Å². The highest BCUT2D eigenvalue weighted by atomic mass is 35.5. The zero-order chi connectivity index (χ0) is 16.9. The molecule has 0 aliphatic carbocycles. The summed E-state index contributed by atoms with van der Waals surface area (Å²) in [5.74, 6) is 2.43.